The molecule has 2 aromatic carbocycles. The fourth-order valence-electron chi connectivity index (χ4n) is 4.64. The van der Waals surface area contributed by atoms with Gasteiger partial charge >= 0.3 is 0 Å². The molecule has 0 radical (unpaired) electrons. The van der Waals surface area contributed by atoms with E-state index in [1.165, 1.54) is 0 Å². The molecular weight excluding hydrogens is 402 g/mol. The van der Waals surface area contributed by atoms with E-state index in [1.54, 1.807) is 26.6 Å². The highest BCUT2D eigenvalue weighted by atomic mass is 16.5. The summed E-state index contributed by atoms with van der Waals surface area (Å²) in [6, 6.07) is 17.7. The third-order valence-corrected chi connectivity index (χ3v) is 6.23. The normalized spacial score (nSPS) is 19.8. The molecule has 0 amide bonds. The number of anilines is 2. The molecule has 0 saturated heterocycles. The van der Waals surface area contributed by atoms with Gasteiger partial charge in [0.25, 0.3) is 0 Å². The Bertz CT molecular complexity index is 1190. The summed E-state index contributed by atoms with van der Waals surface area (Å²) < 4.78 is 10.9. The summed E-state index contributed by atoms with van der Waals surface area (Å²) in [6.07, 6.45) is 4.70. The lowest BCUT2D eigenvalue weighted by Crippen LogP contribution is -2.26. The molecule has 6 nitrogen and oxygen atoms in total. The summed E-state index contributed by atoms with van der Waals surface area (Å²) in [4.78, 5) is 17.7. The molecule has 6 heteroatoms. The Hall–Kier alpha value is -3.80. The topological polar surface area (TPSA) is 72.5 Å². The van der Waals surface area contributed by atoms with Crippen molar-refractivity contribution >= 4 is 17.2 Å². The average Bonchev–Trinajstić information content (AvgIpc) is 3.01. The Balaban J connectivity index is 1.57. The SMILES string of the molecule is COc1ccc([C@@H]2CC(=O)C3=C(C2)Nc2ccccc2N[C@@H]3c2ccncc2)cc1OC. The van der Waals surface area contributed by atoms with Gasteiger partial charge < -0.3 is 20.1 Å². The summed E-state index contributed by atoms with van der Waals surface area (Å²) in [5.41, 5.74) is 5.78. The van der Waals surface area contributed by atoms with Gasteiger partial charge in [-0.1, -0.05) is 18.2 Å². The van der Waals surface area contributed by atoms with E-state index in [2.05, 4.69) is 15.6 Å². The van der Waals surface area contributed by atoms with Crippen LogP contribution in [-0.2, 0) is 4.79 Å². The fraction of sp³-hybridized carbons (Fsp3) is 0.231. The van der Waals surface area contributed by atoms with Gasteiger partial charge in [-0.15, -0.1) is 0 Å². The number of ketones is 1. The first-order chi connectivity index (χ1) is 15.7. The van der Waals surface area contributed by atoms with Crippen LogP contribution in [0.5, 0.6) is 11.5 Å². The predicted molar refractivity (Wildman–Crippen MR) is 124 cm³/mol. The molecule has 0 saturated carbocycles. The van der Waals surface area contributed by atoms with E-state index in [0.717, 1.165) is 40.2 Å². The van der Waals surface area contributed by atoms with Gasteiger partial charge in [-0.2, -0.15) is 0 Å². The fourth-order valence-corrected chi connectivity index (χ4v) is 4.64. The molecule has 0 spiro atoms. The molecule has 1 aliphatic heterocycles. The number of carbonyl (C=O) groups excluding carboxylic acids is 1. The van der Waals surface area contributed by atoms with Crippen molar-refractivity contribution in [2.45, 2.75) is 24.8 Å². The van der Waals surface area contributed by atoms with Crippen LogP contribution in [0.15, 0.2) is 78.3 Å². The van der Waals surface area contributed by atoms with E-state index >= 15 is 0 Å². The molecule has 2 heterocycles. The minimum absolute atomic E-state index is 0.0527. The van der Waals surface area contributed by atoms with Crippen molar-refractivity contribution in [3.05, 3.63) is 89.4 Å². The number of nitrogens with one attached hydrogen (secondary N) is 2. The van der Waals surface area contributed by atoms with E-state index in [9.17, 15) is 4.79 Å². The zero-order valence-corrected chi connectivity index (χ0v) is 18.1. The van der Waals surface area contributed by atoms with Crippen LogP contribution in [0.4, 0.5) is 11.4 Å². The number of aromatic nitrogens is 1. The molecule has 0 unspecified atom stereocenters. The quantitative estimate of drug-likeness (QED) is 0.605. The van der Waals surface area contributed by atoms with Crippen molar-refractivity contribution < 1.29 is 14.3 Å². The second-order valence-corrected chi connectivity index (χ2v) is 8.06. The number of para-hydroxylation sites is 2. The molecule has 0 bridgehead atoms. The van der Waals surface area contributed by atoms with Gasteiger partial charge in [0.2, 0.25) is 0 Å². The summed E-state index contributed by atoms with van der Waals surface area (Å²) in [5.74, 6) is 1.55. The number of nitrogens with zero attached hydrogens (tertiary/aromatic N) is 1. The van der Waals surface area contributed by atoms with Crippen molar-refractivity contribution in [1.82, 2.24) is 4.98 Å². The van der Waals surface area contributed by atoms with Crippen LogP contribution in [0.3, 0.4) is 0 Å². The number of hydrogen-bond donors (Lipinski definition) is 2. The number of fused-ring (bicyclic) bond motifs is 1. The Kier molecular flexibility index (Phi) is 5.27. The van der Waals surface area contributed by atoms with Gasteiger partial charge in [-0.3, -0.25) is 9.78 Å². The predicted octanol–water partition coefficient (Wildman–Crippen LogP) is 5.08. The standard InChI is InChI=1S/C26H25N3O3/c1-31-23-8-7-17(15-24(23)32-2)18-13-21-25(22(30)14-18)26(16-9-11-27-12-10-16)29-20-6-4-3-5-19(20)28-21/h3-12,15,18,26,28-29H,13-14H2,1-2H3/t18-,26+/m0/s1. The first-order valence-corrected chi connectivity index (χ1v) is 10.7. The Morgan fingerprint density at radius 2 is 1.62 bits per heavy atom. The van der Waals surface area contributed by atoms with E-state index in [-0.39, 0.29) is 17.7 Å². The van der Waals surface area contributed by atoms with Crippen LogP contribution in [0.1, 0.15) is 35.9 Å². The number of allylic oxidation sites excluding steroid dienone is 1. The van der Waals surface area contributed by atoms with Crippen molar-refractivity contribution in [2.24, 2.45) is 0 Å². The second-order valence-electron chi connectivity index (χ2n) is 8.06. The van der Waals surface area contributed by atoms with Crippen LogP contribution in [0.25, 0.3) is 0 Å². The van der Waals surface area contributed by atoms with Crippen LogP contribution in [0.2, 0.25) is 0 Å². The van der Waals surface area contributed by atoms with Gasteiger partial charge in [0, 0.05) is 30.1 Å². The van der Waals surface area contributed by atoms with Crippen LogP contribution >= 0.6 is 0 Å². The summed E-state index contributed by atoms with van der Waals surface area (Å²) in [5, 5.41) is 7.15. The lowest BCUT2D eigenvalue weighted by molar-refractivity contribution is -0.116. The lowest BCUT2D eigenvalue weighted by Gasteiger charge is -2.30. The van der Waals surface area contributed by atoms with E-state index < -0.39 is 0 Å². The minimum atomic E-state index is -0.233. The van der Waals surface area contributed by atoms with Crippen molar-refractivity contribution in [2.75, 3.05) is 24.9 Å². The van der Waals surface area contributed by atoms with Crippen molar-refractivity contribution in [3.8, 4) is 11.5 Å². The lowest BCUT2D eigenvalue weighted by atomic mass is 9.78. The maximum atomic E-state index is 13.6. The number of Topliss-reactive ketones (excluding diaryl/α,β-unsaturated/α-hetero) is 1. The maximum Gasteiger partial charge on any atom is 0.163 e. The number of methoxy groups -OCH3 is 2. The molecule has 0 fully saturated rings. The van der Waals surface area contributed by atoms with Gasteiger partial charge in [0.1, 0.15) is 0 Å². The molecular formula is C26H25N3O3. The summed E-state index contributed by atoms with van der Waals surface area (Å²) in [6.45, 7) is 0. The minimum Gasteiger partial charge on any atom is -0.493 e. The molecule has 5 rings (SSSR count). The number of hydrogen-bond acceptors (Lipinski definition) is 6. The molecule has 2 atom stereocenters. The van der Waals surface area contributed by atoms with Gasteiger partial charge in [-0.25, -0.2) is 0 Å². The highest BCUT2D eigenvalue weighted by Gasteiger charge is 2.36. The number of rotatable bonds is 4. The molecule has 32 heavy (non-hydrogen) atoms. The second kappa shape index (κ2) is 8.38. The van der Waals surface area contributed by atoms with Crippen molar-refractivity contribution in [1.29, 1.82) is 0 Å². The molecule has 3 aromatic rings. The smallest absolute Gasteiger partial charge is 0.163 e. The van der Waals surface area contributed by atoms with Crippen LogP contribution in [-0.4, -0.2) is 25.0 Å². The number of pyridine rings is 1. The summed E-state index contributed by atoms with van der Waals surface area (Å²) in [7, 11) is 3.25. The Morgan fingerprint density at radius 1 is 0.875 bits per heavy atom. The molecule has 1 aliphatic carbocycles. The van der Waals surface area contributed by atoms with Crippen LogP contribution in [0, 0.1) is 0 Å². The monoisotopic (exact) mass is 427 g/mol. The Morgan fingerprint density at radius 3 is 2.38 bits per heavy atom. The third kappa shape index (κ3) is 3.58. The first-order valence-electron chi connectivity index (χ1n) is 10.7. The number of benzene rings is 2. The van der Waals surface area contributed by atoms with Crippen molar-refractivity contribution in [3.63, 3.8) is 0 Å². The van der Waals surface area contributed by atoms with Crippen LogP contribution < -0.4 is 20.1 Å². The van der Waals surface area contributed by atoms with E-state index in [4.69, 9.17) is 9.47 Å². The highest BCUT2D eigenvalue weighted by Crippen LogP contribution is 2.45. The zero-order chi connectivity index (χ0) is 22.1. The zero-order valence-electron chi connectivity index (χ0n) is 18.1. The number of carbonyl (C=O) groups is 1. The first kappa shape index (κ1) is 20.1. The third-order valence-electron chi connectivity index (χ3n) is 6.23. The maximum absolute atomic E-state index is 13.6. The summed E-state index contributed by atoms with van der Waals surface area (Å²) >= 11 is 0. The molecule has 1 aromatic heterocycles. The molecule has 2 aliphatic rings. The number of ether oxygens (including phenoxy) is 2. The molecule has 162 valence electrons. The average molecular weight is 428 g/mol. The highest BCUT2D eigenvalue weighted by molar-refractivity contribution is 6.01. The van der Waals surface area contributed by atoms with Gasteiger partial charge in [0.05, 0.1) is 31.6 Å². The van der Waals surface area contributed by atoms with Gasteiger partial charge in [0.15, 0.2) is 17.3 Å². The van der Waals surface area contributed by atoms with Gasteiger partial charge in [-0.05, 0) is 59.9 Å². The van der Waals surface area contributed by atoms with E-state index in [1.807, 2.05) is 54.6 Å². The molecule has 2 N–H and O–H groups in total. The largest absolute Gasteiger partial charge is 0.493 e. The Labute approximate surface area is 187 Å². The van der Waals surface area contributed by atoms with E-state index in [0.29, 0.717) is 17.9 Å².